The van der Waals surface area contributed by atoms with Crippen molar-refractivity contribution >= 4 is 12.1 Å². The van der Waals surface area contributed by atoms with E-state index in [0.29, 0.717) is 6.61 Å². The molecule has 0 bridgehead atoms. The van der Waals surface area contributed by atoms with Crippen molar-refractivity contribution in [3.05, 3.63) is 239 Å². The number of benzene rings is 7. The summed E-state index contributed by atoms with van der Waals surface area (Å²) in [4.78, 5) is 28.4. The monoisotopic (exact) mass is 953 g/mol. The number of carbonyl (C=O) groups excluding carboxylic acids is 2. The topological polar surface area (TPSA) is 120 Å². The molecule has 9 rings (SSSR count). The van der Waals surface area contributed by atoms with Crippen LogP contribution in [0.4, 0.5) is 4.79 Å². The number of fused-ring (bicyclic) bond motifs is 3. The van der Waals surface area contributed by atoms with Gasteiger partial charge in [0.15, 0.2) is 12.3 Å². The van der Waals surface area contributed by atoms with Gasteiger partial charge in [0.25, 0.3) is 0 Å². The van der Waals surface area contributed by atoms with Gasteiger partial charge in [-0.1, -0.05) is 200 Å². The van der Waals surface area contributed by atoms with Gasteiger partial charge in [-0.2, -0.15) is 0 Å². The van der Waals surface area contributed by atoms with E-state index in [1.54, 1.807) is 6.92 Å². The minimum absolute atomic E-state index is 0.0331. The highest BCUT2D eigenvalue weighted by Gasteiger charge is 2.50. The zero-order valence-electron chi connectivity index (χ0n) is 39.7. The summed E-state index contributed by atoms with van der Waals surface area (Å²) < 4.78 is 52.7. The summed E-state index contributed by atoms with van der Waals surface area (Å²) >= 11 is 0. The van der Waals surface area contributed by atoms with Crippen molar-refractivity contribution in [2.45, 2.75) is 88.7 Å². The van der Waals surface area contributed by atoms with Gasteiger partial charge < -0.3 is 43.2 Å². The molecule has 0 aromatic heterocycles. The van der Waals surface area contributed by atoms with Gasteiger partial charge in [-0.05, 0) is 57.0 Å². The first kappa shape index (κ1) is 49.0. The molecule has 7 aromatic carbocycles. The SMILES string of the molecule is C[C@@H](O[C@@H]1O[C@H](COCc2ccccc2)[C@H](OCc2ccccc2)[C@H](OCc2ccccc2)[C@H]1OCc1ccccc1)[C@H](NC(=O)OCC1c2ccccc2-c2ccccc21)C(=O)OCc1ccccc1. The molecule has 0 radical (unpaired) electrons. The first-order valence-electron chi connectivity index (χ1n) is 24.2. The lowest BCUT2D eigenvalue weighted by molar-refractivity contribution is -0.336. The molecule has 1 aliphatic carbocycles. The Morgan fingerprint density at radius 3 is 1.41 bits per heavy atom. The third kappa shape index (κ3) is 13.1. The minimum Gasteiger partial charge on any atom is -0.459 e. The molecule has 11 nitrogen and oxygen atoms in total. The molecule has 1 heterocycles. The average molecular weight is 954 g/mol. The molecule has 1 saturated heterocycles. The highest BCUT2D eigenvalue weighted by molar-refractivity contribution is 5.82. The maximum atomic E-state index is 14.3. The van der Waals surface area contributed by atoms with Gasteiger partial charge >= 0.3 is 12.1 Å². The molecule has 7 atom stereocenters. The van der Waals surface area contributed by atoms with Gasteiger partial charge in [0.1, 0.15) is 37.6 Å². The van der Waals surface area contributed by atoms with Crippen molar-refractivity contribution in [1.29, 1.82) is 0 Å². The molecule has 0 saturated carbocycles. The van der Waals surface area contributed by atoms with Crippen LogP contribution in [0.15, 0.2) is 200 Å². The van der Waals surface area contributed by atoms with Crippen LogP contribution in [0.5, 0.6) is 0 Å². The smallest absolute Gasteiger partial charge is 0.407 e. The molecule has 11 heteroatoms. The Kier molecular flexibility index (Phi) is 17.1. The summed E-state index contributed by atoms with van der Waals surface area (Å²) in [6.45, 7) is 2.76. The second-order valence-corrected chi connectivity index (χ2v) is 17.7. The Morgan fingerprint density at radius 1 is 0.479 bits per heavy atom. The zero-order chi connectivity index (χ0) is 48.6. The largest absolute Gasteiger partial charge is 0.459 e. The van der Waals surface area contributed by atoms with Gasteiger partial charge in [0.05, 0.1) is 39.1 Å². The van der Waals surface area contributed by atoms with Crippen LogP contribution in [0.1, 0.15) is 51.8 Å². The standard InChI is InChI=1S/C60H59NO10/c1-42(54(58(62)68-39-47-29-15-6-16-30-47)61-60(63)69-40-52-50-33-19-17-31-48(50)49-32-18-20-34-51(49)52)70-59-57(67-38-46-27-13-5-14-28-46)56(66-37-45-25-11-4-12-26-45)55(65-36-44-23-9-3-10-24-44)53(71-59)41-64-35-43-21-7-2-8-22-43/h2-34,42,52-57,59H,35-41H2,1H3,(H,61,63)/t42-,53-,54+,55+,56+,57-,59-/m1/s1. The molecule has 0 unspecified atom stereocenters. The molecular weight excluding hydrogens is 895 g/mol. The third-order valence-corrected chi connectivity index (χ3v) is 12.8. The average Bonchev–Trinajstić information content (AvgIpc) is 3.74. The molecule has 1 fully saturated rings. The third-order valence-electron chi connectivity index (χ3n) is 12.8. The molecule has 1 aliphatic heterocycles. The fourth-order valence-electron chi connectivity index (χ4n) is 9.10. The first-order valence-corrected chi connectivity index (χ1v) is 24.2. The number of ether oxygens (including phenoxy) is 8. The summed E-state index contributed by atoms with van der Waals surface area (Å²) in [6.07, 6.45) is -6.25. The van der Waals surface area contributed by atoms with Crippen molar-refractivity contribution in [1.82, 2.24) is 5.32 Å². The van der Waals surface area contributed by atoms with E-state index in [1.807, 2.05) is 176 Å². The van der Waals surface area contributed by atoms with E-state index >= 15 is 0 Å². The highest BCUT2D eigenvalue weighted by Crippen LogP contribution is 2.44. The van der Waals surface area contributed by atoms with Gasteiger partial charge in [-0.3, -0.25) is 0 Å². The summed E-state index contributed by atoms with van der Waals surface area (Å²) in [5.41, 5.74) is 8.90. The van der Waals surface area contributed by atoms with Crippen molar-refractivity contribution in [2.75, 3.05) is 13.2 Å². The number of amides is 1. The predicted molar refractivity (Wildman–Crippen MR) is 269 cm³/mol. The molecule has 364 valence electrons. The van der Waals surface area contributed by atoms with Crippen LogP contribution in [0, 0.1) is 0 Å². The fourth-order valence-corrected chi connectivity index (χ4v) is 9.10. The molecule has 2 aliphatic rings. The van der Waals surface area contributed by atoms with Crippen molar-refractivity contribution in [3.8, 4) is 11.1 Å². The van der Waals surface area contributed by atoms with Gasteiger partial charge in [0, 0.05) is 5.92 Å². The molecule has 71 heavy (non-hydrogen) atoms. The lowest BCUT2D eigenvalue weighted by Crippen LogP contribution is -2.63. The summed E-state index contributed by atoms with van der Waals surface area (Å²) in [5, 5.41) is 2.82. The van der Waals surface area contributed by atoms with Crippen LogP contribution in [0.2, 0.25) is 0 Å². The number of rotatable bonds is 22. The van der Waals surface area contributed by atoms with Crippen LogP contribution >= 0.6 is 0 Å². The number of nitrogens with one attached hydrogen (secondary N) is 1. The summed E-state index contributed by atoms with van der Waals surface area (Å²) in [7, 11) is 0. The second-order valence-electron chi connectivity index (χ2n) is 17.7. The Hall–Kier alpha value is -6.96. The number of carbonyl (C=O) groups is 2. The Morgan fingerprint density at radius 2 is 0.901 bits per heavy atom. The molecule has 1 N–H and O–H groups in total. The van der Waals surface area contributed by atoms with Gasteiger partial charge in [-0.25, -0.2) is 9.59 Å². The molecule has 7 aromatic rings. The summed E-state index contributed by atoms with van der Waals surface area (Å²) in [5.74, 6) is -0.925. The lowest BCUT2D eigenvalue weighted by atomic mass is 9.97. The number of hydrogen-bond acceptors (Lipinski definition) is 10. The van der Waals surface area contributed by atoms with Crippen LogP contribution in [-0.2, 0) is 75.7 Å². The van der Waals surface area contributed by atoms with Crippen LogP contribution in [0.3, 0.4) is 0 Å². The van der Waals surface area contributed by atoms with E-state index < -0.39 is 54.9 Å². The van der Waals surface area contributed by atoms with Crippen molar-refractivity contribution in [2.24, 2.45) is 0 Å². The normalized spacial score (nSPS) is 19.2. The lowest BCUT2D eigenvalue weighted by Gasteiger charge is -2.46. The Bertz CT molecular complexity index is 2680. The zero-order valence-corrected chi connectivity index (χ0v) is 39.7. The minimum atomic E-state index is -1.35. The number of esters is 1. The number of alkyl carbamates (subject to hydrolysis) is 1. The van der Waals surface area contributed by atoms with Crippen molar-refractivity contribution < 1.29 is 47.5 Å². The first-order chi connectivity index (χ1) is 35.0. The van der Waals surface area contributed by atoms with E-state index in [2.05, 4.69) is 29.6 Å². The van der Waals surface area contributed by atoms with Crippen LogP contribution in [-0.4, -0.2) is 68.1 Å². The van der Waals surface area contributed by atoms with Crippen LogP contribution in [0.25, 0.3) is 11.1 Å². The Balaban J connectivity index is 1.01. The fraction of sp³-hybridized carbons (Fsp3) is 0.267. The maximum Gasteiger partial charge on any atom is 0.407 e. The molecule has 0 spiro atoms. The second kappa shape index (κ2) is 24.7. The summed E-state index contributed by atoms with van der Waals surface area (Å²) in [6, 6.07) is 63.6. The molecular formula is C60H59NO10. The van der Waals surface area contributed by atoms with E-state index in [4.69, 9.17) is 37.9 Å². The molecule has 1 amide bonds. The van der Waals surface area contributed by atoms with E-state index in [9.17, 15) is 9.59 Å². The van der Waals surface area contributed by atoms with Gasteiger partial charge in [0.2, 0.25) is 0 Å². The quantitative estimate of drug-likeness (QED) is 0.0658. The Labute approximate surface area is 415 Å². The van der Waals surface area contributed by atoms with E-state index in [1.165, 1.54) is 0 Å². The maximum absolute atomic E-state index is 14.3. The van der Waals surface area contributed by atoms with Crippen molar-refractivity contribution in [3.63, 3.8) is 0 Å². The van der Waals surface area contributed by atoms with Crippen LogP contribution < -0.4 is 5.32 Å². The number of hydrogen-bond donors (Lipinski definition) is 1. The van der Waals surface area contributed by atoms with Gasteiger partial charge in [-0.15, -0.1) is 0 Å². The van der Waals surface area contributed by atoms with E-state index in [0.717, 1.165) is 50.1 Å². The van der Waals surface area contributed by atoms with E-state index in [-0.39, 0.29) is 45.6 Å². The highest BCUT2D eigenvalue weighted by atomic mass is 16.7. The predicted octanol–water partition coefficient (Wildman–Crippen LogP) is 10.7.